The number of halogens is 2. The second-order valence-electron chi connectivity index (χ2n) is 3.39. The Kier molecular flexibility index (Phi) is 4.93. The van der Waals surface area contributed by atoms with Gasteiger partial charge in [0, 0.05) is 4.88 Å². The van der Waals surface area contributed by atoms with Crippen LogP contribution in [0.15, 0.2) is 35.7 Å². The molecule has 2 N–H and O–H groups in total. The lowest BCUT2D eigenvalue weighted by Gasteiger charge is -2.11. The second-order valence-corrected chi connectivity index (χ2v) is 4.37. The number of hydrogen-bond donors (Lipinski definition) is 1. The van der Waals surface area contributed by atoms with E-state index in [4.69, 9.17) is 10.5 Å². The number of hydrogen-bond acceptors (Lipinski definition) is 3. The number of rotatable bonds is 3. The molecule has 0 radical (unpaired) electrons. The fourth-order valence-corrected chi connectivity index (χ4v) is 2.26. The van der Waals surface area contributed by atoms with Gasteiger partial charge in [0.1, 0.15) is 0 Å². The predicted molar refractivity (Wildman–Crippen MR) is 70.5 cm³/mol. The Morgan fingerprint density at radius 3 is 2.65 bits per heavy atom. The van der Waals surface area contributed by atoms with Crippen LogP contribution in [0.3, 0.4) is 0 Å². The van der Waals surface area contributed by atoms with E-state index < -0.39 is 0 Å². The average Bonchev–Trinajstić information content (AvgIpc) is 2.81. The summed E-state index contributed by atoms with van der Waals surface area (Å²) in [6.07, 6.45) is 0. The molecule has 1 atom stereocenters. The summed E-state index contributed by atoms with van der Waals surface area (Å²) in [5, 5.41) is 1.95. The van der Waals surface area contributed by atoms with Gasteiger partial charge in [-0.2, -0.15) is 0 Å². The van der Waals surface area contributed by atoms with E-state index in [9.17, 15) is 4.39 Å². The van der Waals surface area contributed by atoms with Crippen molar-refractivity contribution in [2.24, 2.45) is 5.73 Å². The molecule has 0 saturated carbocycles. The van der Waals surface area contributed by atoms with E-state index in [1.54, 1.807) is 23.5 Å². The van der Waals surface area contributed by atoms with Crippen LogP contribution in [0.4, 0.5) is 4.39 Å². The highest BCUT2D eigenvalue weighted by atomic mass is 35.5. The van der Waals surface area contributed by atoms with Gasteiger partial charge < -0.3 is 10.5 Å². The molecule has 1 aromatic heterocycles. The van der Waals surface area contributed by atoms with Crippen molar-refractivity contribution in [3.05, 3.63) is 52.0 Å². The van der Waals surface area contributed by atoms with Crippen molar-refractivity contribution in [2.45, 2.75) is 6.04 Å². The van der Waals surface area contributed by atoms with E-state index in [1.807, 2.05) is 17.5 Å². The minimum Gasteiger partial charge on any atom is -0.494 e. The van der Waals surface area contributed by atoms with Gasteiger partial charge in [0.05, 0.1) is 13.2 Å². The molecule has 92 valence electrons. The summed E-state index contributed by atoms with van der Waals surface area (Å²) < 4.78 is 18.3. The molecule has 0 bridgehead atoms. The monoisotopic (exact) mass is 273 g/mol. The van der Waals surface area contributed by atoms with E-state index in [-0.39, 0.29) is 30.0 Å². The van der Waals surface area contributed by atoms with Crippen LogP contribution in [-0.2, 0) is 0 Å². The first-order chi connectivity index (χ1) is 7.72. The summed E-state index contributed by atoms with van der Waals surface area (Å²) in [4.78, 5) is 1.02. The number of ether oxygens (including phenoxy) is 1. The summed E-state index contributed by atoms with van der Waals surface area (Å²) in [6.45, 7) is 0. The second kappa shape index (κ2) is 6.00. The molecule has 5 heteroatoms. The molecular formula is C12H13ClFNOS. The molecule has 1 aromatic carbocycles. The van der Waals surface area contributed by atoms with Crippen molar-refractivity contribution in [3.8, 4) is 5.75 Å². The topological polar surface area (TPSA) is 35.2 Å². The van der Waals surface area contributed by atoms with Gasteiger partial charge in [-0.05, 0) is 29.1 Å². The van der Waals surface area contributed by atoms with Crippen molar-refractivity contribution in [1.82, 2.24) is 0 Å². The van der Waals surface area contributed by atoms with Gasteiger partial charge in [0.25, 0.3) is 0 Å². The first kappa shape index (κ1) is 14.0. The van der Waals surface area contributed by atoms with Crippen LogP contribution in [-0.4, -0.2) is 7.11 Å². The standard InChI is InChI=1S/C12H12FNOS.ClH/c1-15-10-5-4-8(7-9(10)13)12(14)11-3-2-6-16-11;/h2-7,12H,14H2,1H3;1H/t12-;/m0./s1. The fraction of sp³-hybridized carbons (Fsp3) is 0.167. The summed E-state index contributed by atoms with van der Waals surface area (Å²) in [5.41, 5.74) is 6.77. The van der Waals surface area contributed by atoms with Gasteiger partial charge in [-0.1, -0.05) is 12.1 Å². The minimum atomic E-state index is -0.382. The maximum absolute atomic E-state index is 13.5. The van der Waals surface area contributed by atoms with Crippen molar-refractivity contribution >= 4 is 23.7 Å². The van der Waals surface area contributed by atoms with Crippen molar-refractivity contribution < 1.29 is 9.13 Å². The van der Waals surface area contributed by atoms with Crippen molar-refractivity contribution in [1.29, 1.82) is 0 Å². The van der Waals surface area contributed by atoms with Gasteiger partial charge in [-0.15, -0.1) is 23.7 Å². The van der Waals surface area contributed by atoms with E-state index in [2.05, 4.69) is 0 Å². The zero-order valence-corrected chi connectivity index (χ0v) is 10.9. The third-order valence-corrected chi connectivity index (χ3v) is 3.34. The maximum atomic E-state index is 13.5. The van der Waals surface area contributed by atoms with Crippen LogP contribution in [0.1, 0.15) is 16.5 Å². The molecule has 0 aliphatic heterocycles. The van der Waals surface area contributed by atoms with E-state index in [0.717, 1.165) is 10.4 Å². The molecule has 2 aromatic rings. The van der Waals surface area contributed by atoms with Gasteiger partial charge in [-0.25, -0.2) is 4.39 Å². The summed E-state index contributed by atoms with van der Waals surface area (Å²) in [6, 6.07) is 8.39. The Balaban J connectivity index is 0.00000144. The third kappa shape index (κ3) is 2.97. The van der Waals surface area contributed by atoms with Gasteiger partial charge >= 0.3 is 0 Å². The SMILES string of the molecule is COc1ccc([C@H](N)c2cccs2)cc1F.Cl. The first-order valence-electron chi connectivity index (χ1n) is 4.85. The Morgan fingerprint density at radius 1 is 1.35 bits per heavy atom. The third-order valence-electron chi connectivity index (χ3n) is 2.38. The van der Waals surface area contributed by atoms with Gasteiger partial charge in [0.2, 0.25) is 0 Å². The van der Waals surface area contributed by atoms with E-state index >= 15 is 0 Å². The van der Waals surface area contributed by atoms with E-state index in [1.165, 1.54) is 13.2 Å². The number of nitrogens with two attached hydrogens (primary N) is 1. The Labute approximate surface area is 110 Å². The number of thiophene rings is 1. The fourth-order valence-electron chi connectivity index (χ4n) is 1.51. The lowest BCUT2D eigenvalue weighted by atomic mass is 10.1. The molecule has 0 amide bonds. The van der Waals surface area contributed by atoms with Crippen LogP contribution in [0.25, 0.3) is 0 Å². The van der Waals surface area contributed by atoms with Gasteiger partial charge in [0.15, 0.2) is 11.6 Å². The van der Waals surface area contributed by atoms with Crippen molar-refractivity contribution in [2.75, 3.05) is 7.11 Å². The maximum Gasteiger partial charge on any atom is 0.165 e. The summed E-state index contributed by atoms with van der Waals surface area (Å²) >= 11 is 1.56. The van der Waals surface area contributed by atoms with E-state index in [0.29, 0.717) is 0 Å². The van der Waals surface area contributed by atoms with Crippen LogP contribution < -0.4 is 10.5 Å². The Morgan fingerprint density at radius 2 is 2.12 bits per heavy atom. The molecule has 2 nitrogen and oxygen atoms in total. The largest absolute Gasteiger partial charge is 0.494 e. The smallest absolute Gasteiger partial charge is 0.165 e. The zero-order valence-electron chi connectivity index (χ0n) is 9.22. The number of benzene rings is 1. The molecule has 0 fully saturated rings. The van der Waals surface area contributed by atoms with Gasteiger partial charge in [-0.3, -0.25) is 0 Å². The van der Waals surface area contributed by atoms with Crippen LogP contribution in [0, 0.1) is 5.82 Å². The quantitative estimate of drug-likeness (QED) is 0.931. The number of methoxy groups -OCH3 is 1. The molecule has 1 heterocycles. The van der Waals surface area contributed by atoms with Crippen LogP contribution in [0.2, 0.25) is 0 Å². The summed E-state index contributed by atoms with van der Waals surface area (Å²) in [7, 11) is 1.44. The molecule has 0 aliphatic rings. The van der Waals surface area contributed by atoms with Crippen molar-refractivity contribution in [3.63, 3.8) is 0 Å². The van der Waals surface area contributed by atoms with Crippen LogP contribution in [0.5, 0.6) is 5.75 Å². The highest BCUT2D eigenvalue weighted by Crippen LogP contribution is 2.26. The highest BCUT2D eigenvalue weighted by Gasteiger charge is 2.12. The molecule has 0 spiro atoms. The minimum absolute atomic E-state index is 0. The molecule has 0 unspecified atom stereocenters. The Bertz CT molecular complexity index is 475. The average molecular weight is 274 g/mol. The molecule has 17 heavy (non-hydrogen) atoms. The zero-order chi connectivity index (χ0) is 11.5. The molecule has 0 aliphatic carbocycles. The molecule has 2 rings (SSSR count). The normalized spacial score (nSPS) is 11.7. The lowest BCUT2D eigenvalue weighted by molar-refractivity contribution is 0.386. The summed E-state index contributed by atoms with van der Waals surface area (Å²) in [5.74, 6) is -0.144. The Hall–Kier alpha value is -1.10. The highest BCUT2D eigenvalue weighted by molar-refractivity contribution is 7.10. The predicted octanol–water partition coefficient (Wildman–Crippen LogP) is 3.37. The van der Waals surface area contributed by atoms with Crippen LogP contribution >= 0.6 is 23.7 Å². The molecule has 0 saturated heterocycles. The molecular weight excluding hydrogens is 261 g/mol. The lowest BCUT2D eigenvalue weighted by Crippen LogP contribution is -2.10. The first-order valence-corrected chi connectivity index (χ1v) is 5.72.